The molecule has 0 aliphatic heterocycles. The molecule has 0 heterocycles. The molecule has 0 spiro atoms. The number of halogens is 2. The van der Waals surface area contributed by atoms with E-state index < -0.39 is 0 Å². The van der Waals surface area contributed by atoms with Crippen LogP contribution in [0, 0.1) is 11.8 Å². The molecule has 0 bridgehead atoms. The van der Waals surface area contributed by atoms with Crippen molar-refractivity contribution in [2.75, 3.05) is 13.1 Å². The van der Waals surface area contributed by atoms with E-state index in [2.05, 4.69) is 54.2 Å². The summed E-state index contributed by atoms with van der Waals surface area (Å²) in [6.07, 6.45) is 1.03. The molecule has 0 aromatic heterocycles. The highest BCUT2D eigenvalue weighted by Crippen LogP contribution is 2.23. The molecule has 0 aliphatic carbocycles. The lowest BCUT2D eigenvalue weighted by atomic mass is 10.0. The van der Waals surface area contributed by atoms with Gasteiger partial charge in [0.25, 0.3) is 0 Å². The highest BCUT2D eigenvalue weighted by Gasteiger charge is 2.07. The van der Waals surface area contributed by atoms with E-state index in [4.69, 9.17) is 11.6 Å². The lowest BCUT2D eigenvalue weighted by Gasteiger charge is -2.15. The van der Waals surface area contributed by atoms with Gasteiger partial charge in [-0.05, 0) is 49.0 Å². The molecule has 96 valence electrons. The zero-order valence-corrected chi connectivity index (χ0v) is 13.1. The minimum Gasteiger partial charge on any atom is -0.316 e. The van der Waals surface area contributed by atoms with E-state index in [9.17, 15) is 0 Å². The van der Waals surface area contributed by atoms with Crippen LogP contribution in [0.4, 0.5) is 0 Å². The van der Waals surface area contributed by atoms with Crippen LogP contribution in [-0.4, -0.2) is 13.1 Å². The van der Waals surface area contributed by atoms with Crippen molar-refractivity contribution in [3.05, 3.63) is 33.3 Å². The van der Waals surface area contributed by atoms with Crippen LogP contribution in [-0.2, 0) is 6.42 Å². The van der Waals surface area contributed by atoms with E-state index in [-0.39, 0.29) is 0 Å². The van der Waals surface area contributed by atoms with Gasteiger partial charge in [0.15, 0.2) is 0 Å². The monoisotopic (exact) mass is 317 g/mol. The van der Waals surface area contributed by atoms with Gasteiger partial charge in [-0.15, -0.1) is 0 Å². The number of nitrogens with one attached hydrogen (secondary N) is 1. The van der Waals surface area contributed by atoms with Crippen molar-refractivity contribution >= 4 is 27.5 Å². The molecule has 0 fully saturated rings. The van der Waals surface area contributed by atoms with Crippen LogP contribution < -0.4 is 5.32 Å². The van der Waals surface area contributed by atoms with E-state index >= 15 is 0 Å². The molecule has 1 unspecified atom stereocenters. The molecular formula is C14H21BrClN. The molecule has 1 aromatic carbocycles. The Bertz CT molecular complexity index is 352. The van der Waals surface area contributed by atoms with Gasteiger partial charge in [-0.2, -0.15) is 0 Å². The molecule has 1 nitrogen and oxygen atoms in total. The Morgan fingerprint density at radius 1 is 1.24 bits per heavy atom. The molecule has 0 amide bonds. The molecule has 1 N–H and O–H groups in total. The predicted molar refractivity (Wildman–Crippen MR) is 79.7 cm³/mol. The summed E-state index contributed by atoms with van der Waals surface area (Å²) < 4.78 is 1.04. The quantitative estimate of drug-likeness (QED) is 0.812. The maximum atomic E-state index is 6.21. The first kappa shape index (κ1) is 15.0. The molecule has 1 aromatic rings. The average Bonchev–Trinajstić information content (AvgIpc) is 2.21. The third-order valence-corrected chi connectivity index (χ3v) is 3.47. The summed E-state index contributed by atoms with van der Waals surface area (Å²) >= 11 is 9.63. The molecule has 0 aliphatic rings. The molecule has 0 saturated heterocycles. The number of hydrogen-bond acceptors (Lipinski definition) is 1. The maximum absolute atomic E-state index is 6.21. The Kier molecular flexibility index (Phi) is 6.53. The summed E-state index contributed by atoms with van der Waals surface area (Å²) in [6.45, 7) is 8.83. The van der Waals surface area contributed by atoms with Gasteiger partial charge in [0.05, 0.1) is 0 Å². The normalized spacial score (nSPS) is 13.1. The van der Waals surface area contributed by atoms with Gasteiger partial charge in [0, 0.05) is 9.50 Å². The summed E-state index contributed by atoms with van der Waals surface area (Å²) in [5.74, 6) is 1.31. The third-order valence-electron chi connectivity index (χ3n) is 2.63. The van der Waals surface area contributed by atoms with E-state index in [1.807, 2.05) is 6.07 Å². The van der Waals surface area contributed by atoms with Gasteiger partial charge in [-0.1, -0.05) is 54.4 Å². The molecule has 1 atom stereocenters. The predicted octanol–water partition coefficient (Wildman–Crippen LogP) is 4.53. The van der Waals surface area contributed by atoms with Crippen molar-refractivity contribution in [1.29, 1.82) is 0 Å². The Labute approximate surface area is 118 Å². The van der Waals surface area contributed by atoms with E-state index in [1.54, 1.807) is 0 Å². The van der Waals surface area contributed by atoms with Gasteiger partial charge in [-0.3, -0.25) is 0 Å². The SMILES string of the molecule is CC(C)CNCC(C)Cc1ccc(Br)cc1Cl. The van der Waals surface area contributed by atoms with E-state index in [1.165, 1.54) is 5.56 Å². The fourth-order valence-electron chi connectivity index (χ4n) is 1.75. The second-order valence-corrected chi connectivity index (χ2v) is 6.42. The Morgan fingerprint density at radius 2 is 1.94 bits per heavy atom. The first-order valence-electron chi connectivity index (χ1n) is 6.13. The van der Waals surface area contributed by atoms with Gasteiger partial charge in [0.1, 0.15) is 0 Å². The van der Waals surface area contributed by atoms with Crippen molar-refractivity contribution in [1.82, 2.24) is 5.32 Å². The second-order valence-electron chi connectivity index (χ2n) is 5.10. The summed E-state index contributed by atoms with van der Waals surface area (Å²) in [4.78, 5) is 0. The van der Waals surface area contributed by atoms with Crippen molar-refractivity contribution in [3.8, 4) is 0 Å². The zero-order chi connectivity index (χ0) is 12.8. The van der Waals surface area contributed by atoms with Crippen LogP contribution >= 0.6 is 27.5 Å². The van der Waals surface area contributed by atoms with Crippen LogP contribution in [0.1, 0.15) is 26.3 Å². The molecule has 3 heteroatoms. The van der Waals surface area contributed by atoms with Crippen LogP contribution in [0.15, 0.2) is 22.7 Å². The smallest absolute Gasteiger partial charge is 0.0449 e. The van der Waals surface area contributed by atoms with Crippen LogP contribution in [0.5, 0.6) is 0 Å². The molecular weight excluding hydrogens is 298 g/mol. The summed E-state index contributed by atoms with van der Waals surface area (Å²) in [5, 5.41) is 4.34. The standard InChI is InChI=1S/C14H21BrClN/c1-10(2)8-17-9-11(3)6-12-4-5-13(15)7-14(12)16/h4-5,7,10-11,17H,6,8-9H2,1-3H3. The lowest BCUT2D eigenvalue weighted by molar-refractivity contribution is 0.473. The summed E-state index contributed by atoms with van der Waals surface area (Å²) in [5.41, 5.74) is 1.23. The molecule has 0 saturated carbocycles. The minimum atomic E-state index is 0.604. The first-order valence-corrected chi connectivity index (χ1v) is 7.30. The molecule has 0 radical (unpaired) electrons. The molecule has 17 heavy (non-hydrogen) atoms. The lowest BCUT2D eigenvalue weighted by Crippen LogP contribution is -2.26. The van der Waals surface area contributed by atoms with Crippen molar-refractivity contribution in [2.45, 2.75) is 27.2 Å². The van der Waals surface area contributed by atoms with Crippen LogP contribution in [0.3, 0.4) is 0 Å². The number of benzene rings is 1. The summed E-state index contributed by atoms with van der Waals surface area (Å²) in [7, 11) is 0. The zero-order valence-electron chi connectivity index (χ0n) is 10.8. The molecule has 1 rings (SSSR count). The van der Waals surface area contributed by atoms with Gasteiger partial charge < -0.3 is 5.32 Å². The highest BCUT2D eigenvalue weighted by atomic mass is 79.9. The fraction of sp³-hybridized carbons (Fsp3) is 0.571. The van der Waals surface area contributed by atoms with Gasteiger partial charge in [0.2, 0.25) is 0 Å². The Hall–Kier alpha value is -0.0500. The maximum Gasteiger partial charge on any atom is 0.0449 e. The van der Waals surface area contributed by atoms with Crippen LogP contribution in [0.25, 0.3) is 0 Å². The number of hydrogen-bond donors (Lipinski definition) is 1. The van der Waals surface area contributed by atoms with Crippen molar-refractivity contribution in [3.63, 3.8) is 0 Å². The topological polar surface area (TPSA) is 12.0 Å². The van der Waals surface area contributed by atoms with Crippen molar-refractivity contribution in [2.24, 2.45) is 11.8 Å². The van der Waals surface area contributed by atoms with E-state index in [0.29, 0.717) is 11.8 Å². The second kappa shape index (κ2) is 7.40. The van der Waals surface area contributed by atoms with Crippen LogP contribution in [0.2, 0.25) is 5.02 Å². The average molecular weight is 319 g/mol. The Morgan fingerprint density at radius 3 is 2.53 bits per heavy atom. The summed E-state index contributed by atoms with van der Waals surface area (Å²) in [6, 6.07) is 6.12. The fourth-order valence-corrected chi connectivity index (χ4v) is 2.50. The number of rotatable bonds is 6. The largest absolute Gasteiger partial charge is 0.316 e. The Balaban J connectivity index is 2.42. The van der Waals surface area contributed by atoms with Gasteiger partial charge >= 0.3 is 0 Å². The highest BCUT2D eigenvalue weighted by molar-refractivity contribution is 9.10. The van der Waals surface area contributed by atoms with Crippen molar-refractivity contribution < 1.29 is 0 Å². The van der Waals surface area contributed by atoms with E-state index in [0.717, 1.165) is 29.0 Å². The third kappa shape index (κ3) is 5.89. The minimum absolute atomic E-state index is 0.604. The van der Waals surface area contributed by atoms with Gasteiger partial charge in [-0.25, -0.2) is 0 Å². The first-order chi connectivity index (χ1) is 7.99.